The van der Waals surface area contributed by atoms with E-state index in [-0.39, 0.29) is 24.5 Å². The molecule has 0 amide bonds. The number of hydrogen-bond acceptors (Lipinski definition) is 4. The summed E-state index contributed by atoms with van der Waals surface area (Å²) in [6.07, 6.45) is 2.29. The minimum Gasteiger partial charge on any atom is -0.373 e. The van der Waals surface area contributed by atoms with Crippen molar-refractivity contribution in [1.82, 2.24) is 14.5 Å². The molecular formula is C17H34N4O3S. The molecule has 0 bridgehead atoms. The number of piperidine rings is 1. The van der Waals surface area contributed by atoms with Gasteiger partial charge in [0.05, 0.1) is 24.5 Å². The van der Waals surface area contributed by atoms with E-state index in [1.165, 1.54) is 6.42 Å². The van der Waals surface area contributed by atoms with E-state index in [0.29, 0.717) is 19.0 Å². The Morgan fingerprint density at radius 2 is 1.88 bits per heavy atom. The lowest BCUT2D eigenvalue weighted by molar-refractivity contribution is -0.0440. The van der Waals surface area contributed by atoms with Crippen LogP contribution in [0.25, 0.3) is 0 Å². The van der Waals surface area contributed by atoms with Gasteiger partial charge in [0.2, 0.25) is 10.0 Å². The number of sulfonamides is 1. The van der Waals surface area contributed by atoms with Crippen molar-refractivity contribution in [2.45, 2.75) is 52.7 Å². The van der Waals surface area contributed by atoms with Crippen molar-refractivity contribution < 1.29 is 13.2 Å². The first-order chi connectivity index (χ1) is 11.8. The van der Waals surface area contributed by atoms with Crippen molar-refractivity contribution in [3.63, 3.8) is 0 Å². The molecule has 2 aliphatic rings. The molecule has 0 radical (unpaired) electrons. The normalized spacial score (nSPS) is 29.7. The van der Waals surface area contributed by atoms with Crippen molar-refractivity contribution >= 4 is 16.0 Å². The minimum atomic E-state index is -3.30. The smallest absolute Gasteiger partial charge is 0.216 e. The number of aliphatic imine (C=N–C) groups is 1. The summed E-state index contributed by atoms with van der Waals surface area (Å²) >= 11 is 0. The Balaban J connectivity index is 1.95. The van der Waals surface area contributed by atoms with Crippen molar-refractivity contribution in [2.75, 3.05) is 45.0 Å². The molecule has 0 aromatic heterocycles. The van der Waals surface area contributed by atoms with Crippen molar-refractivity contribution in [2.24, 2.45) is 10.9 Å². The van der Waals surface area contributed by atoms with E-state index < -0.39 is 10.0 Å². The van der Waals surface area contributed by atoms with Gasteiger partial charge < -0.3 is 15.0 Å². The molecule has 25 heavy (non-hydrogen) atoms. The second-order valence-corrected chi connectivity index (χ2v) is 9.41. The SMILES string of the molecule is CCNC(=NCCS(=O)(=O)N1CC(C)OC(C)C1)N1CCCC(C)C1. The summed E-state index contributed by atoms with van der Waals surface area (Å²) in [5, 5.41) is 3.30. The third kappa shape index (κ3) is 6.11. The lowest BCUT2D eigenvalue weighted by Gasteiger charge is -2.34. The highest BCUT2D eigenvalue weighted by atomic mass is 32.2. The third-order valence-corrected chi connectivity index (χ3v) is 6.47. The summed E-state index contributed by atoms with van der Waals surface area (Å²) in [5.74, 6) is 1.54. The molecule has 3 unspecified atom stereocenters. The number of guanidine groups is 1. The van der Waals surface area contributed by atoms with Gasteiger partial charge in [0.25, 0.3) is 0 Å². The number of likely N-dealkylation sites (tertiary alicyclic amines) is 1. The van der Waals surface area contributed by atoms with Gasteiger partial charge in [-0.15, -0.1) is 0 Å². The van der Waals surface area contributed by atoms with E-state index in [4.69, 9.17) is 4.74 Å². The lowest BCUT2D eigenvalue weighted by Crippen LogP contribution is -2.49. The minimum absolute atomic E-state index is 0.0464. The van der Waals surface area contributed by atoms with Crippen LogP contribution in [0.3, 0.4) is 0 Å². The zero-order valence-corrected chi connectivity index (χ0v) is 16.9. The van der Waals surface area contributed by atoms with Crippen LogP contribution < -0.4 is 5.32 Å². The first kappa shape index (κ1) is 20.5. The van der Waals surface area contributed by atoms with Gasteiger partial charge >= 0.3 is 0 Å². The first-order valence-electron chi connectivity index (χ1n) is 9.48. The second-order valence-electron chi connectivity index (χ2n) is 7.32. The Morgan fingerprint density at radius 3 is 2.48 bits per heavy atom. The summed E-state index contributed by atoms with van der Waals surface area (Å²) in [4.78, 5) is 6.84. The fourth-order valence-electron chi connectivity index (χ4n) is 3.56. The number of rotatable bonds is 5. The van der Waals surface area contributed by atoms with Crippen molar-refractivity contribution in [3.8, 4) is 0 Å². The molecule has 0 saturated carbocycles. The maximum absolute atomic E-state index is 12.6. The van der Waals surface area contributed by atoms with Crippen LogP contribution in [0, 0.1) is 5.92 Å². The molecule has 2 aliphatic heterocycles. The number of ether oxygens (including phenoxy) is 1. The highest BCUT2D eigenvalue weighted by Crippen LogP contribution is 2.16. The topological polar surface area (TPSA) is 74.2 Å². The van der Waals surface area contributed by atoms with Crippen LogP contribution in [0.1, 0.15) is 40.5 Å². The van der Waals surface area contributed by atoms with Crippen LogP contribution in [-0.4, -0.2) is 80.8 Å². The van der Waals surface area contributed by atoms with Crippen LogP contribution in [0.4, 0.5) is 0 Å². The number of nitrogens with one attached hydrogen (secondary N) is 1. The van der Waals surface area contributed by atoms with E-state index in [1.807, 2.05) is 20.8 Å². The average molecular weight is 375 g/mol. The van der Waals surface area contributed by atoms with E-state index in [2.05, 4.69) is 22.1 Å². The zero-order valence-electron chi connectivity index (χ0n) is 16.1. The Bertz CT molecular complexity index is 542. The summed E-state index contributed by atoms with van der Waals surface area (Å²) in [7, 11) is -3.30. The number of morpholine rings is 1. The Kier molecular flexibility index (Phi) is 7.51. The largest absolute Gasteiger partial charge is 0.373 e. The second kappa shape index (κ2) is 9.19. The van der Waals surface area contributed by atoms with Crippen LogP contribution >= 0.6 is 0 Å². The van der Waals surface area contributed by atoms with Gasteiger partial charge in [-0.25, -0.2) is 8.42 Å². The molecule has 2 rings (SSSR count). The summed E-state index contributed by atoms with van der Waals surface area (Å²) < 4.78 is 32.4. The highest BCUT2D eigenvalue weighted by Gasteiger charge is 2.30. The fraction of sp³-hybridized carbons (Fsp3) is 0.941. The molecular weight excluding hydrogens is 340 g/mol. The molecule has 3 atom stereocenters. The van der Waals surface area contributed by atoms with Crippen LogP contribution in [0.5, 0.6) is 0 Å². The van der Waals surface area contributed by atoms with Gasteiger partial charge in [-0.3, -0.25) is 4.99 Å². The Morgan fingerprint density at radius 1 is 1.20 bits per heavy atom. The van der Waals surface area contributed by atoms with Crippen molar-refractivity contribution in [3.05, 3.63) is 0 Å². The Labute approximate surface area is 152 Å². The quantitative estimate of drug-likeness (QED) is 0.577. The molecule has 146 valence electrons. The van der Waals surface area contributed by atoms with E-state index >= 15 is 0 Å². The maximum atomic E-state index is 12.6. The van der Waals surface area contributed by atoms with E-state index in [0.717, 1.165) is 32.0 Å². The monoisotopic (exact) mass is 374 g/mol. The standard InChI is InChI=1S/C17H34N4O3S/c1-5-18-17(20-9-6-7-14(2)11-20)19-8-10-25(22,23)21-12-15(3)24-16(4)13-21/h14-16H,5-13H2,1-4H3,(H,18,19). The molecule has 0 spiro atoms. The third-order valence-electron chi connectivity index (χ3n) is 4.68. The average Bonchev–Trinajstić information content (AvgIpc) is 2.53. The van der Waals surface area contributed by atoms with Gasteiger partial charge in [0.15, 0.2) is 5.96 Å². The van der Waals surface area contributed by atoms with Gasteiger partial charge in [-0.1, -0.05) is 6.92 Å². The predicted octanol–water partition coefficient (Wildman–Crippen LogP) is 1.12. The summed E-state index contributed by atoms with van der Waals surface area (Å²) in [6, 6.07) is 0. The molecule has 1 N–H and O–H groups in total. The molecule has 7 nitrogen and oxygen atoms in total. The number of nitrogens with zero attached hydrogens (tertiary/aromatic N) is 3. The molecule has 0 aliphatic carbocycles. The summed E-state index contributed by atoms with van der Waals surface area (Å²) in [5.41, 5.74) is 0. The first-order valence-corrected chi connectivity index (χ1v) is 11.1. The van der Waals surface area contributed by atoms with Gasteiger partial charge in [-0.05, 0) is 39.5 Å². The summed E-state index contributed by atoms with van der Waals surface area (Å²) in [6.45, 7) is 12.0. The van der Waals surface area contributed by atoms with E-state index in [1.54, 1.807) is 4.31 Å². The van der Waals surface area contributed by atoms with Crippen LogP contribution in [0.15, 0.2) is 4.99 Å². The zero-order chi connectivity index (χ0) is 18.4. The highest BCUT2D eigenvalue weighted by molar-refractivity contribution is 7.89. The molecule has 0 aromatic carbocycles. The lowest BCUT2D eigenvalue weighted by atomic mass is 10.0. The predicted molar refractivity (Wildman–Crippen MR) is 101 cm³/mol. The maximum Gasteiger partial charge on any atom is 0.216 e. The van der Waals surface area contributed by atoms with Gasteiger partial charge in [-0.2, -0.15) is 4.31 Å². The Hall–Kier alpha value is -0.860. The molecule has 2 heterocycles. The number of hydrogen-bond donors (Lipinski definition) is 1. The van der Waals surface area contributed by atoms with Gasteiger partial charge in [0.1, 0.15) is 0 Å². The van der Waals surface area contributed by atoms with Crippen molar-refractivity contribution in [1.29, 1.82) is 0 Å². The van der Waals surface area contributed by atoms with E-state index in [9.17, 15) is 8.42 Å². The molecule has 8 heteroatoms. The van der Waals surface area contributed by atoms with Crippen LogP contribution in [0.2, 0.25) is 0 Å². The van der Waals surface area contributed by atoms with Crippen LogP contribution in [-0.2, 0) is 14.8 Å². The fourth-order valence-corrected chi connectivity index (χ4v) is 5.02. The molecule has 2 saturated heterocycles. The van der Waals surface area contributed by atoms with Gasteiger partial charge in [0, 0.05) is 32.7 Å². The molecule has 2 fully saturated rings. The molecule has 0 aromatic rings.